The molecule has 0 aromatic heterocycles. The molecule has 0 aliphatic carbocycles. The zero-order valence-corrected chi connectivity index (χ0v) is 11.1. The van der Waals surface area contributed by atoms with Gasteiger partial charge in [-0.25, -0.2) is 0 Å². The summed E-state index contributed by atoms with van der Waals surface area (Å²) in [5, 5.41) is 13.5. The van der Waals surface area contributed by atoms with Crippen molar-refractivity contribution >= 4 is 23.2 Å². The van der Waals surface area contributed by atoms with Gasteiger partial charge in [0.2, 0.25) is 0 Å². The average molecular weight is 262 g/mol. The maximum atomic E-state index is 8.91. The number of halogens is 2. The summed E-state index contributed by atoms with van der Waals surface area (Å²) in [5.74, 6) is 0. The zero-order valence-electron chi connectivity index (χ0n) is 9.56. The van der Waals surface area contributed by atoms with Crippen molar-refractivity contribution in [2.45, 2.75) is 32.4 Å². The molecule has 0 atom stereocenters. The van der Waals surface area contributed by atoms with Crippen molar-refractivity contribution in [2.75, 3.05) is 6.61 Å². The Morgan fingerprint density at radius 1 is 1.19 bits per heavy atom. The predicted octanol–water partition coefficient (Wildman–Crippen LogP) is 3.24. The van der Waals surface area contributed by atoms with Crippen LogP contribution in [-0.4, -0.2) is 17.3 Å². The summed E-state index contributed by atoms with van der Waals surface area (Å²) in [6.45, 7) is 4.97. The molecule has 0 amide bonds. The van der Waals surface area contributed by atoms with Gasteiger partial charge in [0.15, 0.2) is 0 Å². The summed E-state index contributed by atoms with van der Waals surface area (Å²) in [7, 11) is 0. The molecule has 2 nitrogen and oxygen atoms in total. The highest BCUT2D eigenvalue weighted by Gasteiger charge is 2.15. The normalized spacial score (nSPS) is 11.8. The van der Waals surface area contributed by atoms with Crippen LogP contribution in [0.1, 0.15) is 25.8 Å². The first-order valence-electron chi connectivity index (χ1n) is 5.24. The van der Waals surface area contributed by atoms with Crippen LogP contribution in [0.25, 0.3) is 0 Å². The van der Waals surface area contributed by atoms with Gasteiger partial charge in [-0.2, -0.15) is 0 Å². The summed E-state index contributed by atoms with van der Waals surface area (Å²) in [6.07, 6.45) is 0.710. The topological polar surface area (TPSA) is 32.3 Å². The maximum absolute atomic E-state index is 8.91. The maximum Gasteiger partial charge on any atom is 0.0448 e. The van der Waals surface area contributed by atoms with Crippen LogP contribution in [0, 0.1) is 0 Å². The molecule has 1 aromatic rings. The van der Waals surface area contributed by atoms with E-state index in [-0.39, 0.29) is 12.1 Å². The molecule has 1 aromatic carbocycles. The molecule has 4 heteroatoms. The van der Waals surface area contributed by atoms with Gasteiger partial charge in [-0.05, 0) is 44.0 Å². The number of hydrogen-bond donors (Lipinski definition) is 2. The largest absolute Gasteiger partial charge is 0.396 e. The smallest absolute Gasteiger partial charge is 0.0448 e. The lowest BCUT2D eigenvalue weighted by Crippen LogP contribution is -2.39. The van der Waals surface area contributed by atoms with E-state index in [1.807, 2.05) is 12.1 Å². The predicted molar refractivity (Wildman–Crippen MR) is 69.1 cm³/mol. The molecule has 0 saturated heterocycles. The molecule has 16 heavy (non-hydrogen) atoms. The molecule has 1 rings (SSSR count). The molecule has 0 spiro atoms. The van der Waals surface area contributed by atoms with Gasteiger partial charge in [-0.1, -0.05) is 23.2 Å². The van der Waals surface area contributed by atoms with E-state index >= 15 is 0 Å². The van der Waals surface area contributed by atoms with Crippen molar-refractivity contribution in [1.82, 2.24) is 5.32 Å². The van der Waals surface area contributed by atoms with Crippen molar-refractivity contribution < 1.29 is 5.11 Å². The van der Waals surface area contributed by atoms with Crippen LogP contribution in [0.2, 0.25) is 10.0 Å². The quantitative estimate of drug-likeness (QED) is 0.853. The zero-order chi connectivity index (χ0) is 12.2. The van der Waals surface area contributed by atoms with Crippen LogP contribution in [-0.2, 0) is 6.54 Å². The SMILES string of the molecule is CC(C)(CCO)NCc1cc(Cl)cc(Cl)c1. The highest BCUT2D eigenvalue weighted by atomic mass is 35.5. The second-order valence-electron chi connectivity index (χ2n) is 4.49. The lowest BCUT2D eigenvalue weighted by molar-refractivity contribution is 0.230. The first kappa shape index (κ1) is 13.8. The molecule has 90 valence electrons. The third kappa shape index (κ3) is 4.71. The third-order valence-corrected chi connectivity index (χ3v) is 2.87. The van der Waals surface area contributed by atoms with Crippen LogP contribution in [0.4, 0.5) is 0 Å². The molecule has 0 radical (unpaired) electrons. The minimum Gasteiger partial charge on any atom is -0.396 e. The Morgan fingerprint density at radius 2 is 1.75 bits per heavy atom. The van der Waals surface area contributed by atoms with E-state index in [4.69, 9.17) is 28.3 Å². The molecule has 0 aliphatic rings. The molecule has 0 bridgehead atoms. The Labute approximate surface area is 107 Å². The number of benzene rings is 1. The van der Waals surface area contributed by atoms with E-state index in [0.717, 1.165) is 5.56 Å². The van der Waals surface area contributed by atoms with Gasteiger partial charge in [0.1, 0.15) is 0 Å². The molecule has 0 unspecified atom stereocenters. The Bertz CT molecular complexity index is 333. The van der Waals surface area contributed by atoms with Gasteiger partial charge in [0, 0.05) is 28.7 Å². The lowest BCUT2D eigenvalue weighted by atomic mass is 10.0. The van der Waals surface area contributed by atoms with Crippen LogP contribution < -0.4 is 5.32 Å². The molecule has 2 N–H and O–H groups in total. The van der Waals surface area contributed by atoms with Gasteiger partial charge in [0.05, 0.1) is 0 Å². The van der Waals surface area contributed by atoms with E-state index in [1.165, 1.54) is 0 Å². The monoisotopic (exact) mass is 261 g/mol. The standard InChI is InChI=1S/C12H17Cl2NO/c1-12(2,3-4-16)15-8-9-5-10(13)7-11(14)6-9/h5-7,15-16H,3-4,8H2,1-2H3. The van der Waals surface area contributed by atoms with Gasteiger partial charge in [-0.15, -0.1) is 0 Å². The van der Waals surface area contributed by atoms with E-state index in [2.05, 4.69) is 19.2 Å². The van der Waals surface area contributed by atoms with Gasteiger partial charge in [0.25, 0.3) is 0 Å². The van der Waals surface area contributed by atoms with Crippen molar-refractivity contribution in [1.29, 1.82) is 0 Å². The Balaban J connectivity index is 2.60. The van der Waals surface area contributed by atoms with Crippen molar-refractivity contribution in [3.63, 3.8) is 0 Å². The highest BCUT2D eigenvalue weighted by molar-refractivity contribution is 6.34. The Hall–Kier alpha value is -0.280. The van der Waals surface area contributed by atoms with Gasteiger partial charge < -0.3 is 10.4 Å². The fourth-order valence-corrected chi connectivity index (χ4v) is 1.99. The van der Waals surface area contributed by atoms with Gasteiger partial charge >= 0.3 is 0 Å². The lowest BCUT2D eigenvalue weighted by Gasteiger charge is -2.25. The Morgan fingerprint density at radius 3 is 2.25 bits per heavy atom. The second kappa shape index (κ2) is 5.87. The summed E-state index contributed by atoms with van der Waals surface area (Å²) < 4.78 is 0. The van der Waals surface area contributed by atoms with Crippen molar-refractivity contribution in [2.24, 2.45) is 0 Å². The minimum atomic E-state index is -0.0937. The number of rotatable bonds is 5. The molecular formula is C12H17Cl2NO. The molecule has 0 heterocycles. The summed E-state index contributed by atoms with van der Waals surface area (Å²) in [4.78, 5) is 0. The first-order chi connectivity index (χ1) is 7.43. The van der Waals surface area contributed by atoms with E-state index < -0.39 is 0 Å². The molecule has 0 saturated carbocycles. The second-order valence-corrected chi connectivity index (χ2v) is 5.36. The van der Waals surface area contributed by atoms with Crippen LogP contribution in [0.5, 0.6) is 0 Å². The number of nitrogens with one attached hydrogen (secondary N) is 1. The van der Waals surface area contributed by atoms with E-state index in [9.17, 15) is 0 Å². The van der Waals surface area contributed by atoms with Crippen molar-refractivity contribution in [3.8, 4) is 0 Å². The molecule has 0 aliphatic heterocycles. The van der Waals surface area contributed by atoms with E-state index in [0.29, 0.717) is 23.0 Å². The number of aliphatic hydroxyl groups is 1. The fraction of sp³-hybridized carbons (Fsp3) is 0.500. The number of hydrogen-bond acceptors (Lipinski definition) is 2. The molecule has 0 fully saturated rings. The summed E-state index contributed by atoms with van der Waals surface area (Å²) >= 11 is 11.8. The summed E-state index contributed by atoms with van der Waals surface area (Å²) in [6, 6.07) is 5.48. The number of aliphatic hydroxyl groups excluding tert-OH is 1. The van der Waals surface area contributed by atoms with Crippen molar-refractivity contribution in [3.05, 3.63) is 33.8 Å². The minimum absolute atomic E-state index is 0.0937. The van der Waals surface area contributed by atoms with E-state index in [1.54, 1.807) is 6.07 Å². The van der Waals surface area contributed by atoms with Crippen LogP contribution in [0.15, 0.2) is 18.2 Å². The third-order valence-electron chi connectivity index (χ3n) is 2.43. The van der Waals surface area contributed by atoms with Crippen LogP contribution in [0.3, 0.4) is 0 Å². The fourth-order valence-electron chi connectivity index (χ4n) is 1.42. The molecular weight excluding hydrogens is 245 g/mol. The van der Waals surface area contributed by atoms with Crippen LogP contribution >= 0.6 is 23.2 Å². The Kier molecular flexibility index (Phi) is 5.06. The average Bonchev–Trinajstić information content (AvgIpc) is 2.13. The van der Waals surface area contributed by atoms with Gasteiger partial charge in [-0.3, -0.25) is 0 Å². The first-order valence-corrected chi connectivity index (χ1v) is 5.99. The highest BCUT2D eigenvalue weighted by Crippen LogP contribution is 2.19. The summed E-state index contributed by atoms with van der Waals surface area (Å²) in [5.41, 5.74) is 0.951.